The van der Waals surface area contributed by atoms with Gasteiger partial charge < -0.3 is 11.8 Å². The molecule has 0 spiro atoms. The molecule has 0 unspecified atom stereocenters. The molecule has 0 aliphatic rings. The second-order valence-electron chi connectivity index (χ2n) is 5.78. The molecule has 0 rings (SSSR count). The fraction of sp³-hybridized carbons (Fsp3) is 0.882. The molecule has 2 N–H and O–H groups in total. The average molecular weight is 323 g/mol. The third kappa shape index (κ3) is 19.9. The van der Waals surface area contributed by atoms with Crippen LogP contribution in [0.3, 0.4) is 0 Å². The number of rotatable bonds is 15. The van der Waals surface area contributed by atoms with Crippen molar-refractivity contribution in [2.75, 3.05) is 6.54 Å². The van der Waals surface area contributed by atoms with Crippen molar-refractivity contribution in [2.45, 2.75) is 90.4 Å². The van der Waals surface area contributed by atoms with Gasteiger partial charge in [0.25, 0.3) is 0 Å². The Balaban J connectivity index is -0.00000200. The van der Waals surface area contributed by atoms with Gasteiger partial charge in [-0.05, 0) is 6.42 Å². The summed E-state index contributed by atoms with van der Waals surface area (Å²) in [5.74, 6) is -0.892. The molecule has 0 saturated carbocycles. The Kier molecular flexibility index (Phi) is 20.9. The van der Waals surface area contributed by atoms with Gasteiger partial charge in [0.15, 0.2) is 0 Å². The van der Waals surface area contributed by atoms with Gasteiger partial charge in [0, 0.05) is 13.0 Å². The molecule has 0 fully saturated rings. The van der Waals surface area contributed by atoms with E-state index >= 15 is 0 Å². The van der Waals surface area contributed by atoms with Gasteiger partial charge in [-0.15, -0.1) is 0 Å². The SMILES string of the molecule is CCCCCCCCCCCCCC(=O)NCCC(=O)O.[H-].[Na+]. The zero-order valence-electron chi connectivity index (χ0n) is 15.7. The van der Waals surface area contributed by atoms with Crippen molar-refractivity contribution >= 4 is 11.9 Å². The summed E-state index contributed by atoms with van der Waals surface area (Å²) in [7, 11) is 0. The maximum absolute atomic E-state index is 11.4. The average Bonchev–Trinajstić information content (AvgIpc) is 2.44. The predicted molar refractivity (Wildman–Crippen MR) is 87.5 cm³/mol. The summed E-state index contributed by atoms with van der Waals surface area (Å²) < 4.78 is 0. The van der Waals surface area contributed by atoms with E-state index in [0.717, 1.165) is 12.8 Å². The molecule has 0 radical (unpaired) electrons. The number of hydrogen-bond acceptors (Lipinski definition) is 2. The molecule has 0 aromatic heterocycles. The number of carboxylic acid groups (broad SMARTS) is 1. The van der Waals surface area contributed by atoms with Crippen molar-refractivity contribution in [2.24, 2.45) is 0 Å². The maximum Gasteiger partial charge on any atom is 1.00 e. The van der Waals surface area contributed by atoms with E-state index in [9.17, 15) is 9.59 Å². The Morgan fingerprint density at radius 2 is 1.27 bits per heavy atom. The first-order valence-corrected chi connectivity index (χ1v) is 8.65. The van der Waals surface area contributed by atoms with Crippen LogP contribution in [0.25, 0.3) is 0 Å². The molecule has 0 saturated heterocycles. The maximum atomic E-state index is 11.4. The van der Waals surface area contributed by atoms with Crippen LogP contribution in [0.1, 0.15) is 91.8 Å². The molecule has 22 heavy (non-hydrogen) atoms. The van der Waals surface area contributed by atoms with Gasteiger partial charge in [-0.2, -0.15) is 0 Å². The van der Waals surface area contributed by atoms with Crippen LogP contribution in [-0.4, -0.2) is 23.5 Å². The van der Waals surface area contributed by atoms with Gasteiger partial charge in [0.05, 0.1) is 6.42 Å². The molecule has 4 nitrogen and oxygen atoms in total. The van der Waals surface area contributed by atoms with Crippen LogP contribution >= 0.6 is 0 Å². The number of carbonyl (C=O) groups is 2. The normalized spacial score (nSPS) is 10.0. The van der Waals surface area contributed by atoms with E-state index < -0.39 is 5.97 Å². The van der Waals surface area contributed by atoms with Crippen molar-refractivity contribution in [1.82, 2.24) is 5.32 Å². The summed E-state index contributed by atoms with van der Waals surface area (Å²) in [5, 5.41) is 11.1. The molecule has 0 aliphatic carbocycles. The van der Waals surface area contributed by atoms with Crippen LogP contribution in [0.2, 0.25) is 0 Å². The third-order valence-electron chi connectivity index (χ3n) is 3.67. The van der Waals surface area contributed by atoms with Gasteiger partial charge in [0.2, 0.25) is 5.91 Å². The molecule has 0 heterocycles. The van der Waals surface area contributed by atoms with Crippen LogP contribution in [0.5, 0.6) is 0 Å². The third-order valence-corrected chi connectivity index (χ3v) is 3.67. The molecule has 0 atom stereocenters. The van der Waals surface area contributed by atoms with Crippen LogP contribution in [0, 0.1) is 0 Å². The van der Waals surface area contributed by atoms with E-state index in [1.165, 1.54) is 57.8 Å². The quantitative estimate of drug-likeness (QED) is 0.354. The fourth-order valence-corrected chi connectivity index (χ4v) is 2.35. The molecule has 0 aromatic carbocycles. The van der Waals surface area contributed by atoms with Crippen LogP contribution in [0.4, 0.5) is 0 Å². The smallest absolute Gasteiger partial charge is 1.00 e. The Morgan fingerprint density at radius 3 is 1.73 bits per heavy atom. The molecule has 0 bridgehead atoms. The first-order valence-electron chi connectivity index (χ1n) is 8.65. The van der Waals surface area contributed by atoms with Crippen molar-refractivity contribution < 1.29 is 45.7 Å². The number of amides is 1. The van der Waals surface area contributed by atoms with E-state index in [-0.39, 0.29) is 49.9 Å². The fourth-order valence-electron chi connectivity index (χ4n) is 2.35. The minimum atomic E-state index is -0.870. The number of carbonyl (C=O) groups excluding carboxylic acids is 1. The van der Waals surface area contributed by atoms with Crippen molar-refractivity contribution in [3.8, 4) is 0 Å². The Labute approximate surface area is 159 Å². The van der Waals surface area contributed by atoms with Crippen LogP contribution in [0.15, 0.2) is 0 Å². The molecular formula is C17H34NNaO3. The van der Waals surface area contributed by atoms with E-state index in [0.29, 0.717) is 6.42 Å². The topological polar surface area (TPSA) is 66.4 Å². The molecule has 0 aromatic rings. The summed E-state index contributed by atoms with van der Waals surface area (Å²) >= 11 is 0. The van der Waals surface area contributed by atoms with E-state index in [1.54, 1.807) is 0 Å². The van der Waals surface area contributed by atoms with Crippen LogP contribution in [-0.2, 0) is 9.59 Å². The first-order chi connectivity index (χ1) is 10.2. The second kappa shape index (κ2) is 19.0. The van der Waals surface area contributed by atoms with E-state index in [1.807, 2.05) is 0 Å². The summed E-state index contributed by atoms with van der Waals surface area (Å²) in [4.78, 5) is 21.7. The van der Waals surface area contributed by atoms with E-state index in [2.05, 4.69) is 12.2 Å². The molecular weight excluding hydrogens is 289 g/mol. The number of nitrogens with one attached hydrogen (secondary N) is 1. The standard InChI is InChI=1S/C17H33NO3.Na.H/c1-2-3-4-5-6-7-8-9-10-11-12-13-16(19)18-15-14-17(20)21;;/h2-15H2,1H3,(H,18,19)(H,20,21);;/q;+1;-1. The van der Waals surface area contributed by atoms with Crippen molar-refractivity contribution in [3.63, 3.8) is 0 Å². The Bertz CT molecular complexity index is 279. The van der Waals surface area contributed by atoms with Gasteiger partial charge in [-0.25, -0.2) is 0 Å². The molecule has 1 amide bonds. The molecule has 5 heteroatoms. The number of carboxylic acids is 1. The largest absolute Gasteiger partial charge is 1.00 e. The second-order valence-corrected chi connectivity index (χ2v) is 5.78. The molecule has 0 aliphatic heterocycles. The summed E-state index contributed by atoms with van der Waals surface area (Å²) in [5.41, 5.74) is 0. The predicted octanol–water partition coefficient (Wildman–Crippen LogP) is 1.39. The number of aliphatic carboxylic acids is 1. The van der Waals surface area contributed by atoms with Gasteiger partial charge in [-0.3, -0.25) is 9.59 Å². The first kappa shape index (κ1) is 24.2. The van der Waals surface area contributed by atoms with Crippen molar-refractivity contribution in [1.29, 1.82) is 0 Å². The molecule has 126 valence electrons. The monoisotopic (exact) mass is 323 g/mol. The Hall–Kier alpha value is -0.0600. The van der Waals surface area contributed by atoms with Gasteiger partial charge in [-0.1, -0.05) is 71.1 Å². The summed E-state index contributed by atoms with van der Waals surface area (Å²) in [6.07, 6.45) is 14.5. The minimum Gasteiger partial charge on any atom is -1.00 e. The number of unbranched alkanes of at least 4 members (excludes halogenated alkanes) is 10. The van der Waals surface area contributed by atoms with E-state index in [4.69, 9.17) is 5.11 Å². The van der Waals surface area contributed by atoms with Crippen LogP contribution < -0.4 is 34.9 Å². The zero-order valence-corrected chi connectivity index (χ0v) is 16.7. The van der Waals surface area contributed by atoms with Crippen molar-refractivity contribution in [3.05, 3.63) is 0 Å². The van der Waals surface area contributed by atoms with Gasteiger partial charge in [0.1, 0.15) is 0 Å². The number of hydrogen-bond donors (Lipinski definition) is 2. The Morgan fingerprint density at radius 1 is 0.818 bits per heavy atom. The summed E-state index contributed by atoms with van der Waals surface area (Å²) in [6, 6.07) is 0. The zero-order chi connectivity index (χ0) is 15.8. The minimum absolute atomic E-state index is 0. The summed E-state index contributed by atoms with van der Waals surface area (Å²) in [6.45, 7) is 2.48. The van der Waals surface area contributed by atoms with Gasteiger partial charge >= 0.3 is 35.5 Å².